The number of hydrogen-bond acceptors (Lipinski definition) is 6. The first-order valence-electron chi connectivity index (χ1n) is 7.19. The van der Waals surface area contributed by atoms with Crippen LogP contribution in [0.1, 0.15) is 26.3 Å². The highest BCUT2D eigenvalue weighted by Crippen LogP contribution is 2.16. The van der Waals surface area contributed by atoms with Crippen molar-refractivity contribution in [2.24, 2.45) is 0 Å². The lowest BCUT2D eigenvalue weighted by molar-refractivity contribution is -0.119. The lowest BCUT2D eigenvalue weighted by Crippen LogP contribution is -2.22. The first-order chi connectivity index (χ1) is 12.0. The summed E-state index contributed by atoms with van der Waals surface area (Å²) in [4.78, 5) is 35.4. The van der Waals surface area contributed by atoms with Crippen LogP contribution in [0.3, 0.4) is 0 Å². The van der Waals surface area contributed by atoms with Gasteiger partial charge in [0.15, 0.2) is 6.61 Å². The number of rotatable bonds is 5. The summed E-state index contributed by atoms with van der Waals surface area (Å²) in [5, 5.41) is 11.2. The van der Waals surface area contributed by atoms with Crippen LogP contribution in [-0.4, -0.2) is 31.6 Å². The Morgan fingerprint density at radius 1 is 1.04 bits per heavy atom. The van der Waals surface area contributed by atoms with Gasteiger partial charge in [-0.1, -0.05) is 12.1 Å². The van der Waals surface area contributed by atoms with Gasteiger partial charge in [0.05, 0.1) is 35.6 Å². The highest BCUT2D eigenvalue weighted by Gasteiger charge is 2.15. The summed E-state index contributed by atoms with van der Waals surface area (Å²) >= 11 is 0. The Kier molecular flexibility index (Phi) is 5.85. The number of amides is 1. The zero-order chi connectivity index (χ0) is 18.2. The Balaban J connectivity index is 1.96. The second kappa shape index (κ2) is 8.26. The van der Waals surface area contributed by atoms with Gasteiger partial charge in [-0.2, -0.15) is 5.26 Å². The second-order valence-corrected chi connectivity index (χ2v) is 4.85. The number of ether oxygens (including phenoxy) is 2. The molecule has 0 radical (unpaired) electrons. The third-order valence-corrected chi connectivity index (χ3v) is 3.19. The molecule has 0 unspecified atom stereocenters. The summed E-state index contributed by atoms with van der Waals surface area (Å²) in [5.41, 5.74) is 1.08. The minimum absolute atomic E-state index is 0.191. The molecule has 1 amide bonds. The number of nitrogens with zero attached hydrogens (tertiary/aromatic N) is 1. The third kappa shape index (κ3) is 4.65. The number of carbonyl (C=O) groups excluding carboxylic acids is 3. The molecule has 0 aliphatic heterocycles. The smallest absolute Gasteiger partial charge is 0.339 e. The molecule has 0 heterocycles. The number of methoxy groups -OCH3 is 1. The normalized spacial score (nSPS) is 9.60. The minimum Gasteiger partial charge on any atom is -0.465 e. The molecule has 0 bridgehead atoms. The van der Waals surface area contributed by atoms with Crippen molar-refractivity contribution in [1.29, 1.82) is 5.26 Å². The molecule has 0 aromatic heterocycles. The maximum Gasteiger partial charge on any atom is 0.339 e. The Morgan fingerprint density at radius 2 is 1.72 bits per heavy atom. The molecule has 0 aliphatic carbocycles. The third-order valence-electron chi connectivity index (χ3n) is 3.19. The van der Waals surface area contributed by atoms with Crippen molar-refractivity contribution < 1.29 is 23.9 Å². The average Bonchev–Trinajstić information content (AvgIpc) is 2.66. The van der Waals surface area contributed by atoms with Gasteiger partial charge in [-0.25, -0.2) is 9.59 Å². The van der Waals surface area contributed by atoms with Gasteiger partial charge in [0.1, 0.15) is 0 Å². The molecule has 0 atom stereocenters. The molecular formula is C18H14N2O5. The maximum absolute atomic E-state index is 11.9. The van der Waals surface area contributed by atoms with Crippen molar-refractivity contribution in [2.75, 3.05) is 19.0 Å². The van der Waals surface area contributed by atoms with E-state index in [9.17, 15) is 14.4 Å². The van der Waals surface area contributed by atoms with Crippen LogP contribution < -0.4 is 5.32 Å². The fourth-order valence-corrected chi connectivity index (χ4v) is 1.96. The Labute approximate surface area is 143 Å². The van der Waals surface area contributed by atoms with Crippen LogP contribution in [0.15, 0.2) is 48.5 Å². The van der Waals surface area contributed by atoms with E-state index >= 15 is 0 Å². The molecule has 0 saturated heterocycles. The summed E-state index contributed by atoms with van der Waals surface area (Å²) in [6.45, 7) is -0.520. The number of hydrogen-bond donors (Lipinski definition) is 1. The Bertz CT molecular complexity index is 837. The van der Waals surface area contributed by atoms with E-state index in [1.807, 2.05) is 6.07 Å². The fraction of sp³-hybridized carbons (Fsp3) is 0.111. The number of para-hydroxylation sites is 1. The lowest BCUT2D eigenvalue weighted by Gasteiger charge is -2.10. The fourth-order valence-electron chi connectivity index (χ4n) is 1.96. The molecule has 7 heteroatoms. The maximum atomic E-state index is 11.9. The van der Waals surface area contributed by atoms with Gasteiger partial charge in [-0.3, -0.25) is 4.79 Å². The molecule has 0 saturated carbocycles. The van der Waals surface area contributed by atoms with Crippen LogP contribution >= 0.6 is 0 Å². The van der Waals surface area contributed by atoms with E-state index in [1.165, 1.54) is 43.5 Å². The van der Waals surface area contributed by atoms with Gasteiger partial charge in [-0.15, -0.1) is 0 Å². The van der Waals surface area contributed by atoms with Crippen molar-refractivity contribution in [3.8, 4) is 6.07 Å². The van der Waals surface area contributed by atoms with Crippen LogP contribution in [0.5, 0.6) is 0 Å². The summed E-state index contributed by atoms with van der Waals surface area (Å²) < 4.78 is 9.55. The summed E-state index contributed by atoms with van der Waals surface area (Å²) in [6.07, 6.45) is 0. The average molecular weight is 338 g/mol. The van der Waals surface area contributed by atoms with Crippen molar-refractivity contribution in [1.82, 2.24) is 0 Å². The van der Waals surface area contributed by atoms with E-state index < -0.39 is 24.5 Å². The second-order valence-electron chi connectivity index (χ2n) is 4.85. The standard InChI is InChI=1S/C18H14N2O5/c1-24-18(23)14-4-2-3-5-15(14)20-16(21)11-25-17(22)13-8-6-12(10-19)7-9-13/h2-9H,11H2,1H3,(H,20,21). The van der Waals surface area contributed by atoms with Gasteiger partial charge in [0.2, 0.25) is 0 Å². The SMILES string of the molecule is COC(=O)c1ccccc1NC(=O)COC(=O)c1ccc(C#N)cc1. The van der Waals surface area contributed by atoms with Crippen LogP contribution in [0.2, 0.25) is 0 Å². The first kappa shape index (κ1) is 17.7. The van der Waals surface area contributed by atoms with Gasteiger partial charge >= 0.3 is 11.9 Å². The van der Waals surface area contributed by atoms with Crippen molar-refractivity contribution in [3.05, 3.63) is 65.2 Å². The highest BCUT2D eigenvalue weighted by molar-refractivity contribution is 6.02. The molecule has 25 heavy (non-hydrogen) atoms. The van der Waals surface area contributed by atoms with Crippen molar-refractivity contribution in [3.63, 3.8) is 0 Å². The molecule has 0 aliphatic rings. The predicted octanol–water partition coefficient (Wildman–Crippen LogP) is 2.14. The number of anilines is 1. The van der Waals surface area contributed by atoms with Gasteiger partial charge in [-0.05, 0) is 36.4 Å². The van der Waals surface area contributed by atoms with Crippen LogP contribution in [0, 0.1) is 11.3 Å². The largest absolute Gasteiger partial charge is 0.465 e. The van der Waals surface area contributed by atoms with Crippen molar-refractivity contribution >= 4 is 23.5 Å². The summed E-state index contributed by atoms with van der Waals surface area (Å²) in [7, 11) is 1.24. The van der Waals surface area contributed by atoms with Crippen LogP contribution in [0.25, 0.3) is 0 Å². The zero-order valence-electron chi connectivity index (χ0n) is 13.3. The van der Waals surface area contributed by atoms with Gasteiger partial charge in [0.25, 0.3) is 5.91 Å². The number of nitriles is 1. The molecular weight excluding hydrogens is 324 g/mol. The van der Waals surface area contributed by atoms with Gasteiger partial charge in [0, 0.05) is 0 Å². The summed E-state index contributed by atoms with van der Waals surface area (Å²) in [5.74, 6) is -1.88. The van der Waals surface area contributed by atoms with E-state index in [0.29, 0.717) is 5.56 Å². The quantitative estimate of drug-likeness (QED) is 0.837. The first-order valence-corrected chi connectivity index (χ1v) is 7.19. The number of benzene rings is 2. The van der Waals surface area contributed by atoms with E-state index in [0.717, 1.165) is 0 Å². The van der Waals surface area contributed by atoms with E-state index in [-0.39, 0.29) is 16.8 Å². The molecule has 1 N–H and O–H groups in total. The molecule has 0 spiro atoms. The Hall–Kier alpha value is -3.66. The van der Waals surface area contributed by atoms with E-state index in [4.69, 9.17) is 10.00 Å². The van der Waals surface area contributed by atoms with E-state index in [1.54, 1.807) is 12.1 Å². The topological polar surface area (TPSA) is 105 Å². The zero-order valence-corrected chi connectivity index (χ0v) is 13.3. The molecule has 7 nitrogen and oxygen atoms in total. The molecule has 2 aromatic carbocycles. The van der Waals surface area contributed by atoms with Crippen LogP contribution in [0.4, 0.5) is 5.69 Å². The molecule has 2 aromatic rings. The van der Waals surface area contributed by atoms with E-state index in [2.05, 4.69) is 10.1 Å². The lowest BCUT2D eigenvalue weighted by atomic mass is 10.1. The number of nitrogens with one attached hydrogen (secondary N) is 1. The molecule has 2 rings (SSSR count). The van der Waals surface area contributed by atoms with Crippen molar-refractivity contribution in [2.45, 2.75) is 0 Å². The Morgan fingerprint density at radius 3 is 2.36 bits per heavy atom. The van der Waals surface area contributed by atoms with Gasteiger partial charge < -0.3 is 14.8 Å². The summed E-state index contributed by atoms with van der Waals surface area (Å²) in [6, 6.07) is 14.1. The number of carbonyl (C=O) groups is 3. The highest BCUT2D eigenvalue weighted by atomic mass is 16.5. The molecule has 126 valence electrons. The van der Waals surface area contributed by atoms with Crippen LogP contribution in [-0.2, 0) is 14.3 Å². The molecule has 0 fully saturated rings. The number of esters is 2. The monoisotopic (exact) mass is 338 g/mol. The minimum atomic E-state index is -0.694. The predicted molar refractivity (Wildman–Crippen MR) is 87.9 cm³/mol.